The topological polar surface area (TPSA) is 61.4 Å². The van der Waals surface area contributed by atoms with Crippen LogP contribution in [0, 0.1) is 0 Å². The van der Waals surface area contributed by atoms with Crippen LogP contribution in [0.25, 0.3) is 0 Å². The van der Waals surface area contributed by atoms with E-state index in [1.54, 1.807) is 14.0 Å². The van der Waals surface area contributed by atoms with E-state index in [0.29, 0.717) is 17.0 Å². The van der Waals surface area contributed by atoms with Crippen LogP contribution in [-0.4, -0.2) is 23.9 Å². The molecule has 3 rings (SSSR count). The van der Waals surface area contributed by atoms with Gasteiger partial charge in [-0.25, -0.2) is 4.79 Å². The van der Waals surface area contributed by atoms with Crippen molar-refractivity contribution in [3.05, 3.63) is 74.3 Å². The van der Waals surface area contributed by atoms with Gasteiger partial charge < -0.3 is 15.5 Å². The highest BCUT2D eigenvalue weighted by atomic mass is 79.9. The lowest BCUT2D eigenvalue weighted by atomic mass is 9.94. The molecule has 7 heteroatoms. The highest BCUT2D eigenvalue weighted by Crippen LogP contribution is 2.31. The Labute approximate surface area is 168 Å². The van der Waals surface area contributed by atoms with Crippen LogP contribution in [0.4, 0.5) is 10.5 Å². The van der Waals surface area contributed by atoms with Gasteiger partial charge in [0.2, 0.25) is 0 Å². The molecule has 0 bridgehead atoms. The molecular weight excluding hydrogens is 462 g/mol. The van der Waals surface area contributed by atoms with Crippen molar-refractivity contribution in [2.75, 3.05) is 12.4 Å². The van der Waals surface area contributed by atoms with Crippen LogP contribution >= 0.6 is 31.9 Å². The number of nitrogens with one attached hydrogen (secondary N) is 2. The van der Waals surface area contributed by atoms with Gasteiger partial charge >= 0.3 is 6.03 Å². The molecule has 0 saturated heterocycles. The molecule has 2 N–H and O–H groups in total. The second kappa shape index (κ2) is 7.63. The van der Waals surface area contributed by atoms with E-state index in [2.05, 4.69) is 42.5 Å². The number of urea groups is 1. The third kappa shape index (κ3) is 3.83. The summed E-state index contributed by atoms with van der Waals surface area (Å²) in [6, 6.07) is 14.2. The zero-order chi connectivity index (χ0) is 18.8. The summed E-state index contributed by atoms with van der Waals surface area (Å²) in [5.74, 6) is -0.246. The standard InChI is InChI=1S/C19H17Br2N3O2/c1-11-16(18(25)22-15-9-7-14(21)8-10-15)17(23-19(26)24(11)2)12-3-5-13(20)6-4-12/h3-10,17H,1-2H3,(H,22,25)(H,23,26). The minimum absolute atomic E-state index is 0.240. The van der Waals surface area contributed by atoms with Gasteiger partial charge in [-0.2, -0.15) is 0 Å². The summed E-state index contributed by atoms with van der Waals surface area (Å²) >= 11 is 6.78. The summed E-state index contributed by atoms with van der Waals surface area (Å²) < 4.78 is 1.87. The number of anilines is 1. The molecular formula is C19H17Br2N3O2. The van der Waals surface area contributed by atoms with Gasteiger partial charge in [-0.1, -0.05) is 44.0 Å². The van der Waals surface area contributed by atoms with Crippen LogP contribution in [-0.2, 0) is 4.79 Å². The number of hydrogen-bond donors (Lipinski definition) is 2. The lowest BCUT2D eigenvalue weighted by Crippen LogP contribution is -2.46. The number of benzene rings is 2. The van der Waals surface area contributed by atoms with Gasteiger partial charge in [0.05, 0.1) is 11.6 Å². The summed E-state index contributed by atoms with van der Waals surface area (Å²) in [6.07, 6.45) is 0. The molecule has 0 aliphatic carbocycles. The molecule has 1 aliphatic heterocycles. The normalized spacial score (nSPS) is 17.2. The number of halogens is 2. The number of allylic oxidation sites excluding steroid dienone is 1. The Kier molecular flexibility index (Phi) is 5.48. The summed E-state index contributed by atoms with van der Waals surface area (Å²) in [7, 11) is 1.65. The van der Waals surface area contributed by atoms with Crippen molar-refractivity contribution in [2.45, 2.75) is 13.0 Å². The quantitative estimate of drug-likeness (QED) is 0.664. The molecule has 1 atom stereocenters. The minimum Gasteiger partial charge on any atom is -0.327 e. The molecule has 2 aromatic carbocycles. The Bertz CT molecular complexity index is 877. The van der Waals surface area contributed by atoms with Gasteiger partial charge in [-0.05, 0) is 48.9 Å². The fourth-order valence-corrected chi connectivity index (χ4v) is 3.30. The van der Waals surface area contributed by atoms with E-state index in [9.17, 15) is 9.59 Å². The Hall–Kier alpha value is -2.12. The molecule has 5 nitrogen and oxygen atoms in total. The van der Waals surface area contributed by atoms with Crippen molar-refractivity contribution in [1.82, 2.24) is 10.2 Å². The summed E-state index contributed by atoms with van der Waals surface area (Å²) in [5.41, 5.74) is 2.66. The molecule has 1 heterocycles. The maximum atomic E-state index is 13.0. The predicted molar refractivity (Wildman–Crippen MR) is 109 cm³/mol. The van der Waals surface area contributed by atoms with Gasteiger partial charge in [0, 0.05) is 27.4 Å². The maximum absolute atomic E-state index is 13.0. The van der Waals surface area contributed by atoms with Gasteiger partial charge in [-0.15, -0.1) is 0 Å². The van der Waals surface area contributed by atoms with E-state index in [4.69, 9.17) is 0 Å². The molecule has 1 aliphatic rings. The summed E-state index contributed by atoms with van der Waals surface area (Å²) in [4.78, 5) is 26.7. The summed E-state index contributed by atoms with van der Waals surface area (Å²) in [6.45, 7) is 1.78. The first kappa shape index (κ1) is 18.7. The number of carbonyl (C=O) groups is 2. The molecule has 0 fully saturated rings. The number of nitrogens with zero attached hydrogens (tertiary/aromatic N) is 1. The molecule has 3 amide bonds. The smallest absolute Gasteiger partial charge is 0.322 e. The van der Waals surface area contributed by atoms with Crippen LogP contribution in [0.5, 0.6) is 0 Å². The van der Waals surface area contributed by atoms with Gasteiger partial charge in [0.25, 0.3) is 5.91 Å². The molecule has 0 saturated carbocycles. The predicted octanol–water partition coefficient (Wildman–Crippen LogP) is 4.82. The minimum atomic E-state index is -0.512. The molecule has 26 heavy (non-hydrogen) atoms. The largest absolute Gasteiger partial charge is 0.327 e. The number of hydrogen-bond acceptors (Lipinski definition) is 2. The number of amides is 3. The zero-order valence-corrected chi connectivity index (χ0v) is 17.4. The average Bonchev–Trinajstić information content (AvgIpc) is 2.62. The Morgan fingerprint density at radius 1 is 1.04 bits per heavy atom. The Morgan fingerprint density at radius 2 is 1.58 bits per heavy atom. The van der Waals surface area contributed by atoms with Crippen LogP contribution in [0.1, 0.15) is 18.5 Å². The SMILES string of the molecule is CC1=C(C(=O)Nc2ccc(Br)cc2)C(c2ccc(Br)cc2)NC(=O)N1C. The van der Waals surface area contributed by atoms with Crippen molar-refractivity contribution in [2.24, 2.45) is 0 Å². The third-order valence-corrected chi connectivity index (χ3v) is 5.36. The van der Waals surface area contributed by atoms with Crippen molar-refractivity contribution < 1.29 is 9.59 Å². The average molecular weight is 479 g/mol. The van der Waals surface area contributed by atoms with Crippen LogP contribution in [0.2, 0.25) is 0 Å². The van der Waals surface area contributed by atoms with Crippen molar-refractivity contribution in [3.63, 3.8) is 0 Å². The van der Waals surface area contributed by atoms with Crippen molar-refractivity contribution >= 4 is 49.5 Å². The number of rotatable bonds is 3. The molecule has 2 aromatic rings. The maximum Gasteiger partial charge on any atom is 0.322 e. The third-order valence-electron chi connectivity index (χ3n) is 4.30. The first-order valence-electron chi connectivity index (χ1n) is 7.94. The zero-order valence-electron chi connectivity index (χ0n) is 14.2. The van der Waals surface area contributed by atoms with Crippen LogP contribution in [0.3, 0.4) is 0 Å². The fraction of sp³-hybridized carbons (Fsp3) is 0.158. The fourth-order valence-electron chi connectivity index (χ4n) is 2.77. The molecule has 0 radical (unpaired) electrons. The second-order valence-corrected chi connectivity index (χ2v) is 7.78. The molecule has 1 unspecified atom stereocenters. The van der Waals surface area contributed by atoms with E-state index in [0.717, 1.165) is 14.5 Å². The first-order valence-corrected chi connectivity index (χ1v) is 9.53. The first-order chi connectivity index (χ1) is 12.4. The highest BCUT2D eigenvalue weighted by Gasteiger charge is 2.34. The molecule has 0 spiro atoms. The van der Waals surface area contributed by atoms with Crippen molar-refractivity contribution in [3.8, 4) is 0 Å². The van der Waals surface area contributed by atoms with E-state index < -0.39 is 6.04 Å². The van der Waals surface area contributed by atoms with E-state index >= 15 is 0 Å². The van der Waals surface area contributed by atoms with Crippen LogP contribution in [0.15, 0.2) is 68.7 Å². The highest BCUT2D eigenvalue weighted by molar-refractivity contribution is 9.10. The Morgan fingerprint density at radius 3 is 2.15 bits per heavy atom. The van der Waals surface area contributed by atoms with E-state index in [1.165, 1.54) is 4.90 Å². The number of carbonyl (C=O) groups excluding carboxylic acids is 2. The van der Waals surface area contributed by atoms with Gasteiger partial charge in [0.1, 0.15) is 0 Å². The van der Waals surface area contributed by atoms with E-state index in [1.807, 2.05) is 48.5 Å². The Balaban J connectivity index is 1.97. The van der Waals surface area contributed by atoms with Gasteiger partial charge in [-0.3, -0.25) is 4.79 Å². The second-order valence-electron chi connectivity index (χ2n) is 5.95. The lowest BCUT2D eigenvalue weighted by molar-refractivity contribution is -0.113. The molecule has 134 valence electrons. The van der Waals surface area contributed by atoms with E-state index in [-0.39, 0.29) is 11.9 Å². The summed E-state index contributed by atoms with van der Waals surface area (Å²) in [5, 5.41) is 5.81. The molecule has 0 aromatic heterocycles. The van der Waals surface area contributed by atoms with Gasteiger partial charge in [0.15, 0.2) is 0 Å². The van der Waals surface area contributed by atoms with Crippen LogP contribution < -0.4 is 10.6 Å². The van der Waals surface area contributed by atoms with Crippen molar-refractivity contribution in [1.29, 1.82) is 0 Å². The monoisotopic (exact) mass is 477 g/mol. The lowest BCUT2D eigenvalue weighted by Gasteiger charge is -2.33.